The molecular formula is C22H38. The van der Waals surface area contributed by atoms with E-state index in [0.717, 1.165) is 47.3 Å². The van der Waals surface area contributed by atoms with Crippen LogP contribution < -0.4 is 0 Å². The summed E-state index contributed by atoms with van der Waals surface area (Å²) in [6.07, 6.45) is 18.8. The number of rotatable bonds is 2. The summed E-state index contributed by atoms with van der Waals surface area (Å²) in [5, 5.41) is 0. The van der Waals surface area contributed by atoms with Crippen LogP contribution in [0.4, 0.5) is 0 Å². The van der Waals surface area contributed by atoms with Gasteiger partial charge in [0.15, 0.2) is 0 Å². The molecule has 4 rings (SSSR count). The van der Waals surface area contributed by atoms with Gasteiger partial charge in [0.1, 0.15) is 0 Å². The van der Waals surface area contributed by atoms with Crippen LogP contribution in [-0.2, 0) is 0 Å². The second-order valence-electron chi connectivity index (χ2n) is 9.53. The molecule has 4 aliphatic rings. The Kier molecular flexibility index (Phi) is 4.57. The zero-order valence-electron chi connectivity index (χ0n) is 15.1. The van der Waals surface area contributed by atoms with Crippen molar-refractivity contribution in [1.29, 1.82) is 0 Å². The normalized spacial score (nSPS) is 51.5. The van der Waals surface area contributed by atoms with Crippen molar-refractivity contribution in [2.24, 2.45) is 47.3 Å². The first-order valence-corrected chi connectivity index (χ1v) is 10.8. The summed E-state index contributed by atoms with van der Waals surface area (Å²) >= 11 is 0. The van der Waals surface area contributed by atoms with Crippen molar-refractivity contribution in [3.05, 3.63) is 0 Å². The van der Waals surface area contributed by atoms with Crippen LogP contribution >= 0.6 is 0 Å². The minimum absolute atomic E-state index is 1.02. The van der Waals surface area contributed by atoms with E-state index in [-0.39, 0.29) is 0 Å². The lowest BCUT2D eigenvalue weighted by atomic mass is 9.49. The van der Waals surface area contributed by atoms with E-state index in [0.29, 0.717) is 0 Å². The maximum Gasteiger partial charge on any atom is -0.0352 e. The largest absolute Gasteiger partial charge is 0.0654 e. The third kappa shape index (κ3) is 2.57. The van der Waals surface area contributed by atoms with Crippen molar-refractivity contribution in [3.8, 4) is 0 Å². The molecule has 0 aliphatic heterocycles. The lowest BCUT2D eigenvalue weighted by Crippen LogP contribution is -2.48. The van der Waals surface area contributed by atoms with E-state index in [2.05, 4.69) is 13.8 Å². The molecule has 4 fully saturated rings. The number of hydrogen-bond donors (Lipinski definition) is 0. The molecule has 0 spiro atoms. The molecule has 4 saturated carbocycles. The molecule has 22 heavy (non-hydrogen) atoms. The molecule has 8 atom stereocenters. The van der Waals surface area contributed by atoms with Crippen molar-refractivity contribution in [1.82, 2.24) is 0 Å². The molecule has 0 aromatic carbocycles. The van der Waals surface area contributed by atoms with Gasteiger partial charge in [-0.2, -0.15) is 0 Å². The Morgan fingerprint density at radius 2 is 1.27 bits per heavy atom. The molecule has 0 radical (unpaired) electrons. The van der Waals surface area contributed by atoms with Gasteiger partial charge in [-0.1, -0.05) is 52.4 Å². The Bertz CT molecular complexity index is 360. The first-order valence-electron chi connectivity index (χ1n) is 10.8. The van der Waals surface area contributed by atoms with E-state index in [1.165, 1.54) is 12.8 Å². The molecule has 0 heterocycles. The van der Waals surface area contributed by atoms with Crippen LogP contribution in [-0.4, -0.2) is 0 Å². The summed E-state index contributed by atoms with van der Waals surface area (Å²) in [5.41, 5.74) is 0. The zero-order chi connectivity index (χ0) is 15.1. The highest BCUT2D eigenvalue weighted by atomic mass is 14.6. The van der Waals surface area contributed by atoms with Crippen LogP contribution in [0, 0.1) is 47.3 Å². The molecular weight excluding hydrogens is 264 g/mol. The predicted molar refractivity (Wildman–Crippen MR) is 94.7 cm³/mol. The van der Waals surface area contributed by atoms with Crippen molar-refractivity contribution >= 4 is 0 Å². The fourth-order valence-corrected chi connectivity index (χ4v) is 7.86. The third-order valence-corrected chi connectivity index (χ3v) is 8.73. The Balaban J connectivity index is 1.52. The topological polar surface area (TPSA) is 0 Å². The summed E-state index contributed by atoms with van der Waals surface area (Å²) in [6, 6.07) is 0. The van der Waals surface area contributed by atoms with Crippen molar-refractivity contribution in [2.45, 2.75) is 90.9 Å². The second kappa shape index (κ2) is 6.48. The minimum Gasteiger partial charge on any atom is -0.0654 e. The molecule has 8 unspecified atom stereocenters. The minimum atomic E-state index is 1.02. The van der Waals surface area contributed by atoms with Gasteiger partial charge in [-0.3, -0.25) is 0 Å². The van der Waals surface area contributed by atoms with Crippen LogP contribution in [0.15, 0.2) is 0 Å². The summed E-state index contributed by atoms with van der Waals surface area (Å²) < 4.78 is 0. The summed E-state index contributed by atoms with van der Waals surface area (Å²) in [4.78, 5) is 0. The fourth-order valence-electron chi connectivity index (χ4n) is 7.86. The van der Waals surface area contributed by atoms with Crippen LogP contribution in [0.1, 0.15) is 90.9 Å². The van der Waals surface area contributed by atoms with E-state index < -0.39 is 0 Å². The Hall–Kier alpha value is 0. The molecule has 0 nitrogen and oxygen atoms in total. The van der Waals surface area contributed by atoms with Gasteiger partial charge in [0, 0.05) is 0 Å². The lowest BCUT2D eigenvalue weighted by Gasteiger charge is -2.56. The molecule has 0 heteroatoms. The lowest BCUT2D eigenvalue weighted by molar-refractivity contribution is -0.0706. The van der Waals surface area contributed by atoms with Crippen molar-refractivity contribution in [3.63, 3.8) is 0 Å². The van der Waals surface area contributed by atoms with E-state index in [9.17, 15) is 0 Å². The highest BCUT2D eigenvalue weighted by Gasteiger charge is 2.50. The first-order chi connectivity index (χ1) is 10.8. The average Bonchev–Trinajstić information content (AvgIpc) is 2.56. The molecule has 0 aromatic rings. The number of fused-ring (bicyclic) bond motifs is 5. The van der Waals surface area contributed by atoms with E-state index in [4.69, 9.17) is 0 Å². The highest BCUT2D eigenvalue weighted by molar-refractivity contribution is 5.00. The van der Waals surface area contributed by atoms with Gasteiger partial charge >= 0.3 is 0 Å². The fraction of sp³-hybridized carbons (Fsp3) is 1.00. The standard InChI is InChI=1S/C22H38/c1-3-6-17-15(2)9-11-21-19(17)13-14-20-18-8-5-4-7-16(18)10-12-22(20)21/h15-22H,3-14H2,1-2H3. The molecule has 0 amide bonds. The summed E-state index contributed by atoms with van der Waals surface area (Å²) in [6.45, 7) is 4.98. The third-order valence-electron chi connectivity index (χ3n) is 8.73. The second-order valence-corrected chi connectivity index (χ2v) is 9.53. The van der Waals surface area contributed by atoms with Gasteiger partial charge in [0.25, 0.3) is 0 Å². The van der Waals surface area contributed by atoms with E-state index in [1.54, 1.807) is 64.2 Å². The zero-order valence-corrected chi connectivity index (χ0v) is 15.1. The Morgan fingerprint density at radius 1 is 0.636 bits per heavy atom. The molecule has 4 aliphatic carbocycles. The maximum absolute atomic E-state index is 2.57. The molecule has 0 bridgehead atoms. The maximum atomic E-state index is 2.57. The Labute approximate surface area is 138 Å². The van der Waals surface area contributed by atoms with Gasteiger partial charge in [-0.15, -0.1) is 0 Å². The Morgan fingerprint density at radius 3 is 2.14 bits per heavy atom. The molecule has 0 aromatic heterocycles. The SMILES string of the molecule is CCCC1C(C)CCC2C1CCC1C3CCCCC3CCC12. The highest BCUT2D eigenvalue weighted by Crippen LogP contribution is 2.59. The van der Waals surface area contributed by atoms with Gasteiger partial charge in [-0.25, -0.2) is 0 Å². The molecule has 0 N–H and O–H groups in total. The summed E-state index contributed by atoms with van der Waals surface area (Å²) in [7, 11) is 0. The number of hydrogen-bond acceptors (Lipinski definition) is 0. The van der Waals surface area contributed by atoms with Crippen LogP contribution in [0.25, 0.3) is 0 Å². The molecule has 126 valence electrons. The molecule has 0 saturated heterocycles. The van der Waals surface area contributed by atoms with Crippen LogP contribution in [0.5, 0.6) is 0 Å². The van der Waals surface area contributed by atoms with Crippen molar-refractivity contribution < 1.29 is 0 Å². The average molecular weight is 303 g/mol. The van der Waals surface area contributed by atoms with Crippen LogP contribution in [0.2, 0.25) is 0 Å². The van der Waals surface area contributed by atoms with Crippen molar-refractivity contribution in [2.75, 3.05) is 0 Å². The quantitative estimate of drug-likeness (QED) is 0.533. The predicted octanol–water partition coefficient (Wildman–Crippen LogP) is 6.69. The van der Waals surface area contributed by atoms with Gasteiger partial charge in [0.05, 0.1) is 0 Å². The van der Waals surface area contributed by atoms with Gasteiger partial charge in [-0.05, 0) is 85.9 Å². The van der Waals surface area contributed by atoms with Gasteiger partial charge in [0.2, 0.25) is 0 Å². The van der Waals surface area contributed by atoms with E-state index in [1.807, 2.05) is 0 Å². The smallest absolute Gasteiger partial charge is 0.0352 e. The summed E-state index contributed by atoms with van der Waals surface area (Å²) in [5.74, 6) is 8.93. The van der Waals surface area contributed by atoms with Gasteiger partial charge < -0.3 is 0 Å². The first kappa shape index (κ1) is 15.5. The van der Waals surface area contributed by atoms with E-state index >= 15 is 0 Å². The van der Waals surface area contributed by atoms with Crippen LogP contribution in [0.3, 0.4) is 0 Å². The monoisotopic (exact) mass is 302 g/mol.